The Morgan fingerprint density at radius 2 is 1.94 bits per heavy atom. The fourth-order valence-electron chi connectivity index (χ4n) is 1.54. The van der Waals surface area contributed by atoms with Crippen LogP contribution < -0.4 is 11.1 Å². The van der Waals surface area contributed by atoms with E-state index in [0.29, 0.717) is 12.1 Å². The average Bonchev–Trinajstić information content (AvgIpc) is 2.38. The number of benzene rings is 1. The predicted octanol–water partition coefficient (Wildman–Crippen LogP) is 2.10. The van der Waals surface area contributed by atoms with Crippen molar-refractivity contribution in [1.29, 1.82) is 0 Å². The highest BCUT2D eigenvalue weighted by Gasteiger charge is 2.00. The molecule has 0 spiro atoms. The van der Waals surface area contributed by atoms with E-state index in [1.54, 1.807) is 12.1 Å². The van der Waals surface area contributed by atoms with Gasteiger partial charge in [-0.1, -0.05) is 29.8 Å². The van der Waals surface area contributed by atoms with Crippen LogP contribution >= 0.6 is 0 Å². The Bertz CT molecular complexity index is 532. The molecule has 0 aliphatic carbocycles. The average molecular weight is 241 g/mol. The van der Waals surface area contributed by atoms with Crippen LogP contribution in [-0.2, 0) is 6.54 Å². The first-order chi connectivity index (χ1) is 8.65. The smallest absolute Gasteiger partial charge is 0.250 e. The number of aryl methyl sites for hydroxylation is 1. The summed E-state index contributed by atoms with van der Waals surface area (Å²) in [5.41, 5.74) is 7.98. The molecule has 0 fully saturated rings. The van der Waals surface area contributed by atoms with Crippen molar-refractivity contribution >= 4 is 11.7 Å². The maximum atomic E-state index is 10.9. The number of pyridine rings is 1. The number of primary amides is 1. The molecule has 0 aliphatic heterocycles. The quantitative estimate of drug-likeness (QED) is 0.861. The Kier molecular flexibility index (Phi) is 3.57. The normalized spacial score (nSPS) is 10.1. The predicted molar refractivity (Wildman–Crippen MR) is 71.3 cm³/mol. The molecule has 18 heavy (non-hydrogen) atoms. The summed E-state index contributed by atoms with van der Waals surface area (Å²) >= 11 is 0. The van der Waals surface area contributed by atoms with Gasteiger partial charge in [0.05, 0.1) is 5.56 Å². The Hall–Kier alpha value is -2.36. The molecular weight excluding hydrogens is 226 g/mol. The molecule has 2 aromatic rings. The first-order valence-electron chi connectivity index (χ1n) is 5.70. The number of hydrogen-bond acceptors (Lipinski definition) is 3. The van der Waals surface area contributed by atoms with Crippen LogP contribution in [0.3, 0.4) is 0 Å². The zero-order chi connectivity index (χ0) is 13.0. The van der Waals surface area contributed by atoms with Crippen LogP contribution in [0.1, 0.15) is 21.5 Å². The molecule has 4 heteroatoms. The number of rotatable bonds is 4. The first-order valence-corrected chi connectivity index (χ1v) is 5.70. The number of aromatic nitrogens is 1. The molecule has 3 N–H and O–H groups in total. The fraction of sp³-hybridized carbons (Fsp3) is 0.143. The summed E-state index contributed by atoms with van der Waals surface area (Å²) in [7, 11) is 0. The molecule has 0 radical (unpaired) electrons. The summed E-state index contributed by atoms with van der Waals surface area (Å²) < 4.78 is 0. The number of nitrogens with one attached hydrogen (secondary N) is 1. The fourth-order valence-corrected chi connectivity index (χ4v) is 1.54. The third-order valence-corrected chi connectivity index (χ3v) is 2.64. The molecule has 0 atom stereocenters. The number of hydrogen-bond donors (Lipinski definition) is 2. The second-order valence-electron chi connectivity index (χ2n) is 4.14. The number of carbonyl (C=O) groups excluding carboxylic acids is 1. The van der Waals surface area contributed by atoms with E-state index in [-0.39, 0.29) is 0 Å². The summed E-state index contributed by atoms with van der Waals surface area (Å²) in [4.78, 5) is 15.0. The van der Waals surface area contributed by atoms with E-state index in [1.165, 1.54) is 17.3 Å². The van der Waals surface area contributed by atoms with Crippen LogP contribution in [0.2, 0.25) is 0 Å². The molecule has 1 aromatic carbocycles. The number of amides is 1. The second-order valence-corrected chi connectivity index (χ2v) is 4.14. The molecule has 2 rings (SSSR count). The largest absolute Gasteiger partial charge is 0.366 e. The van der Waals surface area contributed by atoms with E-state index in [4.69, 9.17) is 5.73 Å². The van der Waals surface area contributed by atoms with Crippen LogP contribution in [0.25, 0.3) is 0 Å². The molecular formula is C14H15N3O. The molecule has 0 aliphatic rings. The molecule has 0 saturated heterocycles. The van der Waals surface area contributed by atoms with Gasteiger partial charge in [-0.15, -0.1) is 0 Å². The molecule has 92 valence electrons. The number of nitrogens with two attached hydrogens (primary N) is 1. The standard InChI is InChI=1S/C14H15N3O/c1-10-2-4-11(5-3-10)8-16-13-7-6-12(9-17-13)14(15)18/h2-7,9H,8H2,1H3,(H2,15,18)(H,16,17). The van der Waals surface area contributed by atoms with Gasteiger partial charge in [0.25, 0.3) is 0 Å². The highest BCUT2D eigenvalue weighted by molar-refractivity contribution is 5.92. The highest BCUT2D eigenvalue weighted by Crippen LogP contribution is 2.08. The van der Waals surface area contributed by atoms with Crippen molar-refractivity contribution in [3.8, 4) is 0 Å². The van der Waals surface area contributed by atoms with E-state index in [1.807, 2.05) is 0 Å². The van der Waals surface area contributed by atoms with Crippen molar-refractivity contribution in [2.75, 3.05) is 5.32 Å². The Labute approximate surface area is 106 Å². The number of carbonyl (C=O) groups is 1. The molecule has 0 bridgehead atoms. The molecule has 0 unspecified atom stereocenters. The Morgan fingerprint density at radius 3 is 2.50 bits per heavy atom. The third kappa shape index (κ3) is 3.07. The van der Waals surface area contributed by atoms with E-state index in [0.717, 1.165) is 5.82 Å². The van der Waals surface area contributed by atoms with Gasteiger partial charge in [0, 0.05) is 12.7 Å². The summed E-state index contributed by atoms with van der Waals surface area (Å²) in [6.07, 6.45) is 1.47. The van der Waals surface area contributed by atoms with Gasteiger partial charge in [-0.05, 0) is 24.6 Å². The highest BCUT2D eigenvalue weighted by atomic mass is 16.1. The van der Waals surface area contributed by atoms with Crippen molar-refractivity contribution in [2.24, 2.45) is 5.73 Å². The Balaban J connectivity index is 1.97. The van der Waals surface area contributed by atoms with E-state index in [9.17, 15) is 4.79 Å². The van der Waals surface area contributed by atoms with Gasteiger partial charge in [-0.25, -0.2) is 4.98 Å². The summed E-state index contributed by atoms with van der Waals surface area (Å²) in [5.74, 6) is 0.258. The zero-order valence-corrected chi connectivity index (χ0v) is 10.2. The van der Waals surface area contributed by atoms with Gasteiger partial charge in [0.15, 0.2) is 0 Å². The van der Waals surface area contributed by atoms with Gasteiger partial charge in [0.2, 0.25) is 5.91 Å². The van der Waals surface area contributed by atoms with Crippen molar-refractivity contribution in [3.05, 3.63) is 59.3 Å². The summed E-state index contributed by atoms with van der Waals surface area (Å²) in [6, 6.07) is 11.7. The lowest BCUT2D eigenvalue weighted by Gasteiger charge is -2.06. The van der Waals surface area contributed by atoms with Crippen LogP contribution in [0, 0.1) is 6.92 Å². The van der Waals surface area contributed by atoms with Gasteiger partial charge >= 0.3 is 0 Å². The maximum absolute atomic E-state index is 10.9. The van der Waals surface area contributed by atoms with Crippen molar-refractivity contribution in [1.82, 2.24) is 4.98 Å². The van der Waals surface area contributed by atoms with E-state index >= 15 is 0 Å². The molecule has 1 heterocycles. The first kappa shape index (κ1) is 12.1. The third-order valence-electron chi connectivity index (χ3n) is 2.64. The minimum Gasteiger partial charge on any atom is -0.366 e. The van der Waals surface area contributed by atoms with Crippen molar-refractivity contribution in [2.45, 2.75) is 13.5 Å². The monoisotopic (exact) mass is 241 g/mol. The lowest BCUT2D eigenvalue weighted by Crippen LogP contribution is -2.11. The SMILES string of the molecule is Cc1ccc(CNc2ccc(C(N)=O)cn2)cc1. The molecule has 0 saturated carbocycles. The van der Waals surface area contributed by atoms with Gasteiger partial charge in [-0.3, -0.25) is 4.79 Å². The number of nitrogens with zero attached hydrogens (tertiary/aromatic N) is 1. The zero-order valence-electron chi connectivity index (χ0n) is 10.2. The van der Waals surface area contributed by atoms with Crippen molar-refractivity contribution in [3.63, 3.8) is 0 Å². The minimum atomic E-state index is -0.465. The second kappa shape index (κ2) is 5.31. The maximum Gasteiger partial charge on any atom is 0.250 e. The van der Waals surface area contributed by atoms with Crippen LogP contribution in [-0.4, -0.2) is 10.9 Å². The van der Waals surface area contributed by atoms with Crippen LogP contribution in [0.4, 0.5) is 5.82 Å². The van der Waals surface area contributed by atoms with Gasteiger partial charge < -0.3 is 11.1 Å². The Morgan fingerprint density at radius 1 is 1.22 bits per heavy atom. The lowest BCUT2D eigenvalue weighted by atomic mass is 10.1. The van der Waals surface area contributed by atoms with Crippen LogP contribution in [0.15, 0.2) is 42.6 Å². The summed E-state index contributed by atoms with van der Waals surface area (Å²) in [5, 5.41) is 3.18. The van der Waals surface area contributed by atoms with E-state index in [2.05, 4.69) is 41.5 Å². The lowest BCUT2D eigenvalue weighted by molar-refractivity contribution is 0.1000. The molecule has 1 amide bonds. The topological polar surface area (TPSA) is 68.0 Å². The molecule has 4 nitrogen and oxygen atoms in total. The van der Waals surface area contributed by atoms with Gasteiger partial charge in [0.1, 0.15) is 5.82 Å². The van der Waals surface area contributed by atoms with Crippen LogP contribution in [0.5, 0.6) is 0 Å². The van der Waals surface area contributed by atoms with Crippen molar-refractivity contribution < 1.29 is 4.79 Å². The van der Waals surface area contributed by atoms with Gasteiger partial charge in [-0.2, -0.15) is 0 Å². The minimum absolute atomic E-state index is 0.413. The summed E-state index contributed by atoms with van der Waals surface area (Å²) in [6.45, 7) is 2.75. The van der Waals surface area contributed by atoms with E-state index < -0.39 is 5.91 Å². The molecule has 1 aromatic heterocycles. The number of anilines is 1.